The van der Waals surface area contributed by atoms with Crippen LogP contribution in [0.4, 0.5) is 0 Å². The fourth-order valence-corrected chi connectivity index (χ4v) is 3.64. The van der Waals surface area contributed by atoms with E-state index in [2.05, 4.69) is 35.6 Å². The minimum absolute atomic E-state index is 0.0313. The second-order valence-electron chi connectivity index (χ2n) is 7.65. The van der Waals surface area contributed by atoms with E-state index in [0.29, 0.717) is 18.0 Å². The van der Waals surface area contributed by atoms with Crippen molar-refractivity contribution in [2.75, 3.05) is 6.54 Å². The molecule has 2 aromatic rings. The van der Waals surface area contributed by atoms with Gasteiger partial charge in [-0.05, 0) is 62.6 Å². The van der Waals surface area contributed by atoms with Gasteiger partial charge in [0, 0.05) is 17.6 Å². The lowest BCUT2D eigenvalue weighted by Crippen LogP contribution is -2.52. The molecule has 5 nitrogen and oxygen atoms in total. The van der Waals surface area contributed by atoms with Crippen molar-refractivity contribution in [1.82, 2.24) is 5.32 Å². The van der Waals surface area contributed by atoms with Gasteiger partial charge in [-0.15, -0.1) is 0 Å². The summed E-state index contributed by atoms with van der Waals surface area (Å²) in [6.07, 6.45) is 5.33. The first-order chi connectivity index (χ1) is 13.5. The van der Waals surface area contributed by atoms with E-state index in [1.54, 1.807) is 0 Å². The van der Waals surface area contributed by atoms with E-state index >= 15 is 0 Å². The molecule has 0 atom stereocenters. The van der Waals surface area contributed by atoms with Crippen molar-refractivity contribution in [2.45, 2.75) is 44.6 Å². The van der Waals surface area contributed by atoms with Crippen molar-refractivity contribution < 1.29 is 14.7 Å². The summed E-state index contributed by atoms with van der Waals surface area (Å²) in [6.45, 7) is 2.32. The van der Waals surface area contributed by atoms with Gasteiger partial charge in [-0.3, -0.25) is 9.59 Å². The molecular weight excluding hydrogens is 352 g/mol. The molecule has 0 spiro atoms. The van der Waals surface area contributed by atoms with Crippen molar-refractivity contribution in [3.05, 3.63) is 71.3 Å². The molecule has 28 heavy (non-hydrogen) atoms. The Morgan fingerprint density at radius 2 is 1.71 bits per heavy atom. The normalized spacial score (nSPS) is 21.1. The number of nitrogens with one attached hydrogen (secondary N) is 1. The summed E-state index contributed by atoms with van der Waals surface area (Å²) in [5, 5.41) is 9.92. The molecule has 0 heterocycles. The Bertz CT molecular complexity index is 736. The number of hydrogen-bond donors (Lipinski definition) is 3. The van der Waals surface area contributed by atoms with Crippen molar-refractivity contribution in [3.8, 4) is 0 Å². The zero-order valence-electron chi connectivity index (χ0n) is 16.4. The van der Waals surface area contributed by atoms with Crippen molar-refractivity contribution >= 4 is 12.4 Å². The van der Waals surface area contributed by atoms with Gasteiger partial charge in [0.2, 0.25) is 0 Å². The molecule has 1 saturated carbocycles. The zero-order chi connectivity index (χ0) is 20.4. The van der Waals surface area contributed by atoms with Crippen LogP contribution in [0.5, 0.6) is 0 Å². The van der Waals surface area contributed by atoms with Gasteiger partial charge in [0.15, 0.2) is 0 Å². The Morgan fingerprint density at radius 1 is 1.14 bits per heavy atom. The predicted octanol–water partition coefficient (Wildman–Crippen LogP) is 3.56. The number of benzene rings is 2. The molecule has 0 saturated heterocycles. The number of carbonyl (C=O) groups excluding carboxylic acids is 1. The highest BCUT2D eigenvalue weighted by atomic mass is 16.3. The molecule has 0 bridgehead atoms. The lowest BCUT2D eigenvalue weighted by molar-refractivity contribution is -0.122. The average Bonchev–Trinajstić information content (AvgIpc) is 2.70. The quantitative estimate of drug-likeness (QED) is 0.690. The van der Waals surface area contributed by atoms with Crippen LogP contribution in [-0.2, 0) is 11.2 Å². The minimum atomic E-state index is -0.270. The molecule has 3 rings (SSSR count). The summed E-state index contributed by atoms with van der Waals surface area (Å²) >= 11 is 0. The fourth-order valence-electron chi connectivity index (χ4n) is 3.64. The first-order valence-electron chi connectivity index (χ1n) is 9.71. The maximum absolute atomic E-state index is 12.3. The standard InChI is InChI=1S/C22H28N2O.CH2O2/c1-17-7-9-20(10-8-17)21(25)24-16-22(23)13-11-19(12-14-22)15-18-5-3-2-4-6-18;2-1-3/h2-10,19H,11-16,23H2,1H3,(H,24,25);1H,(H,2,3). The summed E-state index contributed by atoms with van der Waals surface area (Å²) in [7, 11) is 0. The molecule has 5 heteroatoms. The van der Waals surface area contributed by atoms with Crippen molar-refractivity contribution in [1.29, 1.82) is 0 Å². The lowest BCUT2D eigenvalue weighted by Gasteiger charge is -2.37. The van der Waals surface area contributed by atoms with E-state index in [1.165, 1.54) is 5.56 Å². The first-order valence-corrected chi connectivity index (χ1v) is 9.71. The van der Waals surface area contributed by atoms with Crippen LogP contribution in [0.15, 0.2) is 54.6 Å². The Morgan fingerprint density at radius 3 is 2.29 bits per heavy atom. The molecule has 150 valence electrons. The molecule has 0 aromatic heterocycles. The van der Waals surface area contributed by atoms with Gasteiger partial charge in [0.25, 0.3) is 12.4 Å². The second kappa shape index (κ2) is 10.6. The van der Waals surface area contributed by atoms with E-state index in [0.717, 1.165) is 37.7 Å². The van der Waals surface area contributed by atoms with Crippen molar-refractivity contribution in [3.63, 3.8) is 0 Å². The summed E-state index contributed by atoms with van der Waals surface area (Å²) in [5.41, 5.74) is 9.54. The minimum Gasteiger partial charge on any atom is -0.483 e. The predicted molar refractivity (Wildman–Crippen MR) is 111 cm³/mol. The van der Waals surface area contributed by atoms with E-state index in [4.69, 9.17) is 15.6 Å². The third-order valence-corrected chi connectivity index (χ3v) is 5.38. The first kappa shape index (κ1) is 21.6. The van der Waals surface area contributed by atoms with Crippen LogP contribution in [0.2, 0.25) is 0 Å². The maximum atomic E-state index is 12.3. The molecule has 0 radical (unpaired) electrons. The number of amides is 1. The Hall–Kier alpha value is -2.66. The van der Waals surface area contributed by atoms with Crippen LogP contribution in [0.1, 0.15) is 47.2 Å². The number of aryl methyl sites for hydroxylation is 1. The Labute approximate surface area is 167 Å². The van der Waals surface area contributed by atoms with Crippen LogP contribution in [0.3, 0.4) is 0 Å². The molecule has 0 unspecified atom stereocenters. The molecule has 2 aromatic carbocycles. The van der Waals surface area contributed by atoms with Crippen LogP contribution >= 0.6 is 0 Å². The Kier molecular flexibility index (Phi) is 8.20. The van der Waals surface area contributed by atoms with Gasteiger partial charge < -0.3 is 16.2 Å². The molecule has 4 N–H and O–H groups in total. The fraction of sp³-hybridized carbons (Fsp3) is 0.391. The van der Waals surface area contributed by atoms with Crippen LogP contribution in [0, 0.1) is 12.8 Å². The number of nitrogens with two attached hydrogens (primary N) is 1. The largest absolute Gasteiger partial charge is 0.483 e. The van der Waals surface area contributed by atoms with Gasteiger partial charge in [0.1, 0.15) is 0 Å². The van der Waals surface area contributed by atoms with E-state index < -0.39 is 0 Å². The second-order valence-corrected chi connectivity index (χ2v) is 7.65. The molecule has 1 aliphatic rings. The Balaban J connectivity index is 0.000000878. The van der Waals surface area contributed by atoms with E-state index in [-0.39, 0.29) is 17.9 Å². The number of carbonyl (C=O) groups is 2. The monoisotopic (exact) mass is 382 g/mol. The molecular formula is C23H30N2O3. The summed E-state index contributed by atoms with van der Waals surface area (Å²) in [5.74, 6) is 0.670. The van der Waals surface area contributed by atoms with E-state index in [9.17, 15) is 4.79 Å². The maximum Gasteiger partial charge on any atom is 0.290 e. The van der Waals surface area contributed by atoms with Crippen LogP contribution in [0.25, 0.3) is 0 Å². The topological polar surface area (TPSA) is 92.4 Å². The van der Waals surface area contributed by atoms with Crippen LogP contribution < -0.4 is 11.1 Å². The highest BCUT2D eigenvalue weighted by molar-refractivity contribution is 5.94. The van der Waals surface area contributed by atoms with Gasteiger partial charge in [-0.25, -0.2) is 0 Å². The smallest absolute Gasteiger partial charge is 0.290 e. The average molecular weight is 383 g/mol. The lowest BCUT2D eigenvalue weighted by atomic mass is 9.75. The third-order valence-electron chi connectivity index (χ3n) is 5.38. The number of carboxylic acid groups (broad SMARTS) is 1. The summed E-state index contributed by atoms with van der Waals surface area (Å²) in [4.78, 5) is 20.6. The summed E-state index contributed by atoms with van der Waals surface area (Å²) < 4.78 is 0. The van der Waals surface area contributed by atoms with Gasteiger partial charge >= 0.3 is 0 Å². The summed E-state index contributed by atoms with van der Waals surface area (Å²) in [6, 6.07) is 18.3. The van der Waals surface area contributed by atoms with Gasteiger partial charge in [-0.1, -0.05) is 48.0 Å². The van der Waals surface area contributed by atoms with Gasteiger partial charge in [0.05, 0.1) is 0 Å². The third kappa shape index (κ3) is 6.82. The number of hydrogen-bond acceptors (Lipinski definition) is 3. The zero-order valence-corrected chi connectivity index (χ0v) is 16.4. The molecule has 0 aliphatic heterocycles. The highest BCUT2D eigenvalue weighted by Gasteiger charge is 2.32. The highest BCUT2D eigenvalue weighted by Crippen LogP contribution is 2.32. The molecule has 1 aliphatic carbocycles. The molecule has 1 fully saturated rings. The molecule has 1 amide bonds. The van der Waals surface area contributed by atoms with Crippen molar-refractivity contribution in [2.24, 2.45) is 11.7 Å². The van der Waals surface area contributed by atoms with Gasteiger partial charge in [-0.2, -0.15) is 0 Å². The van der Waals surface area contributed by atoms with Crippen LogP contribution in [-0.4, -0.2) is 29.6 Å². The number of rotatable bonds is 5. The van der Waals surface area contributed by atoms with E-state index in [1.807, 2.05) is 31.2 Å². The SMILES string of the molecule is Cc1ccc(C(=O)NCC2(N)CCC(Cc3ccccc3)CC2)cc1.O=CO.